The molecule has 0 bridgehead atoms. The molecule has 33 heavy (non-hydrogen) atoms. The van der Waals surface area contributed by atoms with Crippen molar-refractivity contribution in [2.45, 2.75) is 65.2 Å². The monoisotopic (exact) mass is 451 g/mol. The molecule has 2 aliphatic heterocycles. The lowest BCUT2D eigenvalue weighted by Gasteiger charge is -2.37. The standard InChI is InChI=1S/C25H30FN5O2/c1-15-11-19(23-24(27-15)31-10-6-4-5-7-22(31)29-23)25(32)28-18-8-9-21(20(26)12-18)30-13-16(2)33-17(3)14-30/h8-9,11-12,16-17H,4-7,10,13-14H2,1-3H3,(H,28,32). The lowest BCUT2D eigenvalue weighted by atomic mass is 10.1. The minimum Gasteiger partial charge on any atom is -0.372 e. The number of rotatable bonds is 3. The number of hydrogen-bond acceptors (Lipinski definition) is 5. The van der Waals surface area contributed by atoms with E-state index in [2.05, 4.69) is 14.9 Å². The molecule has 3 aromatic rings. The molecule has 1 aromatic carbocycles. The number of carbonyl (C=O) groups excluding carboxylic acids is 1. The largest absolute Gasteiger partial charge is 0.372 e. The molecule has 0 spiro atoms. The van der Waals surface area contributed by atoms with Crippen molar-refractivity contribution >= 4 is 28.4 Å². The van der Waals surface area contributed by atoms with Gasteiger partial charge in [0.05, 0.1) is 23.5 Å². The first-order valence-electron chi connectivity index (χ1n) is 11.8. The van der Waals surface area contributed by atoms with Crippen LogP contribution in [0.1, 0.15) is 55.0 Å². The van der Waals surface area contributed by atoms with Gasteiger partial charge in [0.2, 0.25) is 0 Å². The molecule has 1 fully saturated rings. The molecular formula is C25H30FN5O2. The van der Waals surface area contributed by atoms with Gasteiger partial charge in [-0.3, -0.25) is 4.79 Å². The summed E-state index contributed by atoms with van der Waals surface area (Å²) in [5.74, 6) is 0.317. The second-order valence-corrected chi connectivity index (χ2v) is 9.26. The van der Waals surface area contributed by atoms with E-state index in [4.69, 9.17) is 9.72 Å². The summed E-state index contributed by atoms with van der Waals surface area (Å²) in [6.45, 7) is 7.99. The van der Waals surface area contributed by atoms with E-state index >= 15 is 0 Å². The van der Waals surface area contributed by atoms with Gasteiger partial charge in [-0.1, -0.05) is 6.42 Å². The second-order valence-electron chi connectivity index (χ2n) is 9.26. The van der Waals surface area contributed by atoms with E-state index < -0.39 is 0 Å². The summed E-state index contributed by atoms with van der Waals surface area (Å²) in [4.78, 5) is 24.6. The molecule has 0 saturated carbocycles. The Hall–Kier alpha value is -3.00. The van der Waals surface area contributed by atoms with Crippen LogP contribution in [-0.4, -0.2) is 45.7 Å². The molecule has 174 valence electrons. The van der Waals surface area contributed by atoms with Gasteiger partial charge in [0.15, 0.2) is 5.65 Å². The van der Waals surface area contributed by atoms with Crippen molar-refractivity contribution in [3.05, 3.63) is 47.2 Å². The highest BCUT2D eigenvalue weighted by Crippen LogP contribution is 2.28. The number of anilines is 2. The highest BCUT2D eigenvalue weighted by molar-refractivity contribution is 6.11. The van der Waals surface area contributed by atoms with Crippen LogP contribution >= 0.6 is 0 Å². The minimum atomic E-state index is -0.362. The fraction of sp³-hybridized carbons (Fsp3) is 0.480. The average Bonchev–Trinajstić information content (AvgIpc) is 2.93. The summed E-state index contributed by atoms with van der Waals surface area (Å²) in [5, 5.41) is 2.86. The zero-order valence-corrected chi connectivity index (χ0v) is 19.4. The lowest BCUT2D eigenvalue weighted by molar-refractivity contribution is -0.00539. The summed E-state index contributed by atoms with van der Waals surface area (Å²) < 4.78 is 22.9. The molecule has 0 radical (unpaired) electrons. The highest BCUT2D eigenvalue weighted by atomic mass is 19.1. The third kappa shape index (κ3) is 4.31. The van der Waals surface area contributed by atoms with E-state index in [-0.39, 0.29) is 23.9 Å². The molecule has 0 aliphatic carbocycles. The van der Waals surface area contributed by atoms with Crippen molar-refractivity contribution in [2.24, 2.45) is 0 Å². The van der Waals surface area contributed by atoms with Crippen LogP contribution in [0.2, 0.25) is 0 Å². The van der Waals surface area contributed by atoms with Gasteiger partial charge in [-0.15, -0.1) is 0 Å². The molecule has 2 atom stereocenters. The maximum atomic E-state index is 15.0. The Balaban J connectivity index is 1.41. The van der Waals surface area contributed by atoms with Crippen molar-refractivity contribution in [1.82, 2.24) is 14.5 Å². The van der Waals surface area contributed by atoms with Crippen LogP contribution in [0.4, 0.5) is 15.8 Å². The van der Waals surface area contributed by atoms with E-state index in [0.29, 0.717) is 35.5 Å². The predicted molar refractivity (Wildman–Crippen MR) is 126 cm³/mol. The van der Waals surface area contributed by atoms with E-state index in [1.165, 1.54) is 12.5 Å². The van der Waals surface area contributed by atoms with Crippen molar-refractivity contribution in [3.63, 3.8) is 0 Å². The molecular weight excluding hydrogens is 421 g/mol. The fourth-order valence-corrected chi connectivity index (χ4v) is 5.00. The number of benzene rings is 1. The minimum absolute atomic E-state index is 0.0369. The average molecular weight is 452 g/mol. The number of ether oxygens (including phenoxy) is 1. The smallest absolute Gasteiger partial charge is 0.258 e. The van der Waals surface area contributed by atoms with Crippen molar-refractivity contribution < 1.29 is 13.9 Å². The van der Waals surface area contributed by atoms with Gasteiger partial charge in [-0.05, 0) is 57.9 Å². The summed E-state index contributed by atoms with van der Waals surface area (Å²) in [6.07, 6.45) is 4.32. The number of pyridine rings is 1. The summed E-state index contributed by atoms with van der Waals surface area (Å²) in [7, 11) is 0. The molecule has 5 rings (SSSR count). The van der Waals surface area contributed by atoms with E-state index in [1.807, 2.05) is 25.7 Å². The van der Waals surface area contributed by atoms with Gasteiger partial charge in [0, 0.05) is 37.4 Å². The third-order valence-corrected chi connectivity index (χ3v) is 6.40. The maximum Gasteiger partial charge on any atom is 0.258 e. The fourth-order valence-electron chi connectivity index (χ4n) is 5.00. The first-order chi connectivity index (χ1) is 15.9. The van der Waals surface area contributed by atoms with Gasteiger partial charge < -0.3 is 19.5 Å². The Morgan fingerprint density at radius 1 is 1.12 bits per heavy atom. The third-order valence-electron chi connectivity index (χ3n) is 6.40. The number of amides is 1. The van der Waals surface area contributed by atoms with E-state index in [0.717, 1.165) is 43.0 Å². The Morgan fingerprint density at radius 3 is 2.67 bits per heavy atom. The molecule has 1 N–H and O–H groups in total. The van der Waals surface area contributed by atoms with Crippen LogP contribution in [0.5, 0.6) is 0 Å². The number of hydrogen-bond donors (Lipinski definition) is 1. The Bertz CT molecular complexity index is 1200. The Labute approximate surface area is 193 Å². The zero-order valence-electron chi connectivity index (χ0n) is 19.4. The predicted octanol–water partition coefficient (Wildman–Crippen LogP) is 4.47. The summed E-state index contributed by atoms with van der Waals surface area (Å²) >= 11 is 0. The number of nitrogens with zero attached hydrogens (tertiary/aromatic N) is 4. The highest BCUT2D eigenvalue weighted by Gasteiger charge is 2.25. The molecule has 2 aromatic heterocycles. The van der Waals surface area contributed by atoms with Crippen molar-refractivity contribution in [1.29, 1.82) is 0 Å². The maximum absolute atomic E-state index is 15.0. The van der Waals surface area contributed by atoms with Gasteiger partial charge in [0.1, 0.15) is 17.2 Å². The van der Waals surface area contributed by atoms with Crippen LogP contribution in [0, 0.1) is 12.7 Å². The number of imidazole rings is 1. The van der Waals surface area contributed by atoms with Gasteiger partial charge >= 0.3 is 0 Å². The number of aryl methyl sites for hydroxylation is 3. The van der Waals surface area contributed by atoms with E-state index in [1.54, 1.807) is 18.2 Å². The molecule has 1 amide bonds. The second kappa shape index (κ2) is 8.74. The van der Waals surface area contributed by atoms with E-state index in [9.17, 15) is 9.18 Å². The van der Waals surface area contributed by atoms with Crippen LogP contribution in [-0.2, 0) is 17.7 Å². The first kappa shape index (κ1) is 21.8. The Morgan fingerprint density at radius 2 is 1.91 bits per heavy atom. The number of carbonyl (C=O) groups is 1. The SMILES string of the molecule is Cc1cc(C(=O)Nc2ccc(N3CC(C)OC(C)C3)c(F)c2)c2nc3n(c2n1)CCCCC3. The number of morpholine rings is 1. The Kier molecular flexibility index (Phi) is 5.78. The van der Waals surface area contributed by atoms with Gasteiger partial charge in [-0.25, -0.2) is 14.4 Å². The normalized spacial score (nSPS) is 21.0. The quantitative estimate of drug-likeness (QED) is 0.636. The molecule has 2 aliphatic rings. The van der Waals surface area contributed by atoms with Crippen LogP contribution in [0.3, 0.4) is 0 Å². The number of halogens is 1. The molecule has 4 heterocycles. The summed E-state index contributed by atoms with van der Waals surface area (Å²) in [5.41, 5.74) is 3.54. The first-order valence-corrected chi connectivity index (χ1v) is 11.8. The van der Waals surface area contributed by atoms with Crippen LogP contribution in [0.15, 0.2) is 24.3 Å². The van der Waals surface area contributed by atoms with Gasteiger partial charge in [0.25, 0.3) is 5.91 Å². The van der Waals surface area contributed by atoms with Crippen molar-refractivity contribution in [2.75, 3.05) is 23.3 Å². The molecule has 2 unspecified atom stereocenters. The van der Waals surface area contributed by atoms with Gasteiger partial charge in [-0.2, -0.15) is 0 Å². The molecule has 7 nitrogen and oxygen atoms in total. The summed E-state index contributed by atoms with van der Waals surface area (Å²) in [6, 6.07) is 6.61. The van der Waals surface area contributed by atoms with Crippen LogP contribution in [0.25, 0.3) is 11.2 Å². The topological polar surface area (TPSA) is 72.3 Å². The lowest BCUT2D eigenvalue weighted by Crippen LogP contribution is -2.45. The van der Waals surface area contributed by atoms with Crippen LogP contribution < -0.4 is 10.2 Å². The van der Waals surface area contributed by atoms with Crippen molar-refractivity contribution in [3.8, 4) is 0 Å². The molecule has 8 heteroatoms. The number of nitrogens with one attached hydrogen (secondary N) is 1. The molecule has 1 saturated heterocycles. The zero-order chi connectivity index (χ0) is 23.1. The number of fused-ring (bicyclic) bond motifs is 3. The number of aromatic nitrogens is 3.